The number of hydrogen-bond acceptors (Lipinski definition) is 2. The van der Waals surface area contributed by atoms with Crippen LogP contribution in [0.3, 0.4) is 0 Å². The molecule has 1 aromatic rings. The van der Waals surface area contributed by atoms with Crippen LogP contribution >= 0.6 is 0 Å². The van der Waals surface area contributed by atoms with Crippen molar-refractivity contribution in [2.24, 2.45) is 5.84 Å². The van der Waals surface area contributed by atoms with Gasteiger partial charge < -0.3 is 0 Å². The van der Waals surface area contributed by atoms with Crippen molar-refractivity contribution in [3.63, 3.8) is 0 Å². The lowest BCUT2D eigenvalue weighted by atomic mass is 10.0. The topological polar surface area (TPSA) is 38.0 Å². The fourth-order valence-electron chi connectivity index (χ4n) is 1.35. The van der Waals surface area contributed by atoms with Gasteiger partial charge in [0, 0.05) is 6.04 Å². The Bertz CT molecular complexity index is 323. The van der Waals surface area contributed by atoms with Gasteiger partial charge in [-0.15, -0.1) is 6.58 Å². The number of nitrogens with two attached hydrogens (primary N) is 1. The molecule has 0 saturated carbocycles. The van der Waals surface area contributed by atoms with Crippen LogP contribution in [-0.4, -0.2) is 0 Å². The maximum absolute atomic E-state index is 13.0. The number of hydrazine groups is 1. The van der Waals surface area contributed by atoms with Gasteiger partial charge in [0.25, 0.3) is 0 Å². The van der Waals surface area contributed by atoms with Crippen molar-refractivity contribution in [1.29, 1.82) is 0 Å². The summed E-state index contributed by atoms with van der Waals surface area (Å²) in [4.78, 5) is 0. The SMILES string of the molecule is C=CCC(NN)c1ccc(F)c(C)c1. The standard InChI is InChI=1S/C11H15FN2/c1-3-4-11(14-13)9-5-6-10(12)8(2)7-9/h3,5-7,11,14H,1,4,13H2,2H3. The summed E-state index contributed by atoms with van der Waals surface area (Å²) in [6.45, 7) is 5.38. The van der Waals surface area contributed by atoms with E-state index in [1.165, 1.54) is 6.07 Å². The molecular weight excluding hydrogens is 179 g/mol. The highest BCUT2D eigenvalue weighted by molar-refractivity contribution is 5.26. The van der Waals surface area contributed by atoms with Gasteiger partial charge in [0.05, 0.1) is 0 Å². The minimum absolute atomic E-state index is 0.00630. The van der Waals surface area contributed by atoms with E-state index >= 15 is 0 Å². The molecule has 3 N–H and O–H groups in total. The lowest BCUT2D eigenvalue weighted by molar-refractivity contribution is 0.557. The Morgan fingerprint density at radius 3 is 2.86 bits per heavy atom. The number of rotatable bonds is 4. The van der Waals surface area contributed by atoms with Crippen molar-refractivity contribution in [3.05, 3.63) is 47.8 Å². The van der Waals surface area contributed by atoms with Gasteiger partial charge in [-0.1, -0.05) is 18.2 Å². The van der Waals surface area contributed by atoms with Gasteiger partial charge in [0.15, 0.2) is 0 Å². The van der Waals surface area contributed by atoms with E-state index in [9.17, 15) is 4.39 Å². The summed E-state index contributed by atoms with van der Waals surface area (Å²) in [5.74, 6) is 5.20. The fraction of sp³-hybridized carbons (Fsp3) is 0.273. The highest BCUT2D eigenvalue weighted by Gasteiger charge is 2.08. The predicted molar refractivity (Wildman–Crippen MR) is 56.0 cm³/mol. The first-order valence-electron chi connectivity index (χ1n) is 4.52. The highest BCUT2D eigenvalue weighted by Crippen LogP contribution is 2.18. The Hall–Kier alpha value is -1.19. The molecule has 0 radical (unpaired) electrons. The third-order valence-electron chi connectivity index (χ3n) is 2.19. The van der Waals surface area contributed by atoms with Crippen LogP contribution in [0.2, 0.25) is 0 Å². The molecule has 1 aromatic carbocycles. The first-order valence-corrected chi connectivity index (χ1v) is 4.52. The van der Waals surface area contributed by atoms with E-state index in [0.29, 0.717) is 5.56 Å². The maximum Gasteiger partial charge on any atom is 0.126 e. The second kappa shape index (κ2) is 4.88. The second-order valence-corrected chi connectivity index (χ2v) is 3.25. The Morgan fingerprint density at radius 2 is 2.36 bits per heavy atom. The monoisotopic (exact) mass is 194 g/mol. The van der Waals surface area contributed by atoms with Gasteiger partial charge in [-0.05, 0) is 30.5 Å². The van der Waals surface area contributed by atoms with Gasteiger partial charge in [0.1, 0.15) is 5.82 Å². The van der Waals surface area contributed by atoms with Crippen LogP contribution in [0.4, 0.5) is 4.39 Å². The molecule has 1 rings (SSSR count). The maximum atomic E-state index is 13.0. The summed E-state index contributed by atoms with van der Waals surface area (Å²) in [6.07, 6.45) is 2.50. The number of benzene rings is 1. The average molecular weight is 194 g/mol. The third-order valence-corrected chi connectivity index (χ3v) is 2.19. The Balaban J connectivity index is 2.93. The van der Waals surface area contributed by atoms with Crippen molar-refractivity contribution in [2.45, 2.75) is 19.4 Å². The summed E-state index contributed by atoms with van der Waals surface area (Å²) in [6, 6.07) is 4.99. The zero-order valence-electron chi connectivity index (χ0n) is 8.26. The largest absolute Gasteiger partial charge is 0.271 e. The molecule has 1 unspecified atom stereocenters. The zero-order valence-corrected chi connectivity index (χ0v) is 8.26. The summed E-state index contributed by atoms with van der Waals surface area (Å²) in [7, 11) is 0. The third kappa shape index (κ3) is 2.40. The van der Waals surface area contributed by atoms with Crippen LogP contribution in [0, 0.1) is 12.7 Å². The molecule has 1 atom stereocenters. The molecule has 3 heteroatoms. The van der Waals surface area contributed by atoms with Crippen LogP contribution in [0.5, 0.6) is 0 Å². The average Bonchev–Trinajstić information content (AvgIpc) is 2.19. The molecule has 0 spiro atoms. The van der Waals surface area contributed by atoms with Crippen LogP contribution < -0.4 is 11.3 Å². The number of aryl methyl sites for hydroxylation is 1. The normalized spacial score (nSPS) is 12.5. The number of hydrogen-bond donors (Lipinski definition) is 2. The Morgan fingerprint density at radius 1 is 1.64 bits per heavy atom. The van der Waals surface area contributed by atoms with E-state index in [2.05, 4.69) is 12.0 Å². The molecule has 0 fully saturated rings. The molecule has 0 amide bonds. The van der Waals surface area contributed by atoms with Gasteiger partial charge in [0.2, 0.25) is 0 Å². The summed E-state index contributed by atoms with van der Waals surface area (Å²) >= 11 is 0. The Labute approximate surface area is 83.6 Å². The molecule has 2 nitrogen and oxygen atoms in total. The van der Waals surface area contributed by atoms with Crippen molar-refractivity contribution in [3.8, 4) is 0 Å². The molecule has 0 heterocycles. The number of halogens is 1. The zero-order chi connectivity index (χ0) is 10.6. The van der Waals surface area contributed by atoms with E-state index < -0.39 is 0 Å². The van der Waals surface area contributed by atoms with Crippen molar-refractivity contribution < 1.29 is 4.39 Å². The lowest BCUT2D eigenvalue weighted by Gasteiger charge is -2.14. The van der Waals surface area contributed by atoms with Crippen LogP contribution in [-0.2, 0) is 0 Å². The van der Waals surface area contributed by atoms with E-state index in [1.807, 2.05) is 0 Å². The minimum atomic E-state index is -0.192. The van der Waals surface area contributed by atoms with Gasteiger partial charge >= 0.3 is 0 Å². The van der Waals surface area contributed by atoms with E-state index in [-0.39, 0.29) is 11.9 Å². The van der Waals surface area contributed by atoms with E-state index in [0.717, 1.165) is 12.0 Å². The molecule has 0 aromatic heterocycles. The summed E-state index contributed by atoms with van der Waals surface area (Å²) < 4.78 is 13.0. The van der Waals surface area contributed by atoms with Crippen LogP contribution in [0.15, 0.2) is 30.9 Å². The van der Waals surface area contributed by atoms with E-state index in [1.54, 1.807) is 25.1 Å². The van der Waals surface area contributed by atoms with Crippen molar-refractivity contribution in [2.75, 3.05) is 0 Å². The molecule has 14 heavy (non-hydrogen) atoms. The van der Waals surface area contributed by atoms with E-state index in [4.69, 9.17) is 5.84 Å². The van der Waals surface area contributed by atoms with Crippen molar-refractivity contribution >= 4 is 0 Å². The second-order valence-electron chi connectivity index (χ2n) is 3.25. The van der Waals surface area contributed by atoms with Crippen LogP contribution in [0.1, 0.15) is 23.6 Å². The molecule has 0 aliphatic heterocycles. The predicted octanol–water partition coefficient (Wildman–Crippen LogP) is 2.21. The van der Waals surface area contributed by atoms with Gasteiger partial charge in [-0.3, -0.25) is 11.3 Å². The smallest absolute Gasteiger partial charge is 0.126 e. The molecular formula is C11H15FN2. The highest BCUT2D eigenvalue weighted by atomic mass is 19.1. The fourth-order valence-corrected chi connectivity index (χ4v) is 1.35. The van der Waals surface area contributed by atoms with Crippen molar-refractivity contribution in [1.82, 2.24) is 5.43 Å². The molecule has 76 valence electrons. The molecule has 0 aliphatic rings. The summed E-state index contributed by atoms with van der Waals surface area (Å²) in [5, 5.41) is 0. The lowest BCUT2D eigenvalue weighted by Crippen LogP contribution is -2.27. The summed E-state index contributed by atoms with van der Waals surface area (Å²) in [5.41, 5.74) is 4.28. The van der Waals surface area contributed by atoms with Gasteiger partial charge in [-0.25, -0.2) is 4.39 Å². The number of nitrogens with one attached hydrogen (secondary N) is 1. The Kier molecular flexibility index (Phi) is 3.80. The molecule has 0 bridgehead atoms. The first kappa shape index (κ1) is 10.9. The van der Waals surface area contributed by atoms with Crippen LogP contribution in [0.25, 0.3) is 0 Å². The van der Waals surface area contributed by atoms with Gasteiger partial charge in [-0.2, -0.15) is 0 Å². The molecule has 0 saturated heterocycles. The molecule has 0 aliphatic carbocycles. The first-order chi connectivity index (χ1) is 6.69. The minimum Gasteiger partial charge on any atom is -0.271 e. The quantitative estimate of drug-likeness (QED) is 0.438.